The average Bonchev–Trinajstić information content (AvgIpc) is 2.36. The van der Waals surface area contributed by atoms with E-state index in [9.17, 15) is 4.39 Å². The molecular formula is C18H35FN2. The second-order valence-corrected chi connectivity index (χ2v) is 9.16. The van der Waals surface area contributed by atoms with Crippen LogP contribution in [0, 0.1) is 11.3 Å². The Morgan fingerprint density at radius 1 is 0.857 bits per heavy atom. The Hall–Kier alpha value is -0.150. The molecule has 0 bridgehead atoms. The van der Waals surface area contributed by atoms with Crippen LogP contribution in [0.15, 0.2) is 0 Å². The van der Waals surface area contributed by atoms with E-state index in [-0.39, 0.29) is 16.9 Å². The number of hydrogen-bond acceptors (Lipinski definition) is 2. The second kappa shape index (κ2) is 6.16. The van der Waals surface area contributed by atoms with Gasteiger partial charge in [-0.25, -0.2) is 4.39 Å². The lowest BCUT2D eigenvalue weighted by Gasteiger charge is -2.47. The Kier molecular flexibility index (Phi) is 5.04. The molecule has 2 nitrogen and oxygen atoms in total. The molecule has 21 heavy (non-hydrogen) atoms. The summed E-state index contributed by atoms with van der Waals surface area (Å²) in [5.74, 6) is 0.225. The predicted octanol–water partition coefficient (Wildman–Crippen LogP) is 3.96. The van der Waals surface area contributed by atoms with E-state index in [4.69, 9.17) is 0 Å². The smallest absolute Gasteiger partial charge is 0.116 e. The van der Waals surface area contributed by atoms with E-state index in [0.717, 1.165) is 26.1 Å². The number of piperidine rings is 2. The van der Waals surface area contributed by atoms with Crippen molar-refractivity contribution < 1.29 is 4.39 Å². The number of hydrogen-bond donors (Lipinski definition) is 0. The predicted molar refractivity (Wildman–Crippen MR) is 88.4 cm³/mol. The minimum Gasteiger partial charge on any atom is -0.298 e. The number of rotatable bonds is 1. The first-order chi connectivity index (χ1) is 9.59. The van der Waals surface area contributed by atoms with Gasteiger partial charge in [0.15, 0.2) is 0 Å². The van der Waals surface area contributed by atoms with Gasteiger partial charge in [-0.15, -0.1) is 0 Å². The third kappa shape index (κ3) is 4.19. The largest absolute Gasteiger partial charge is 0.298 e. The molecule has 2 saturated heterocycles. The quantitative estimate of drug-likeness (QED) is 0.723. The first kappa shape index (κ1) is 17.2. The fourth-order valence-electron chi connectivity index (χ4n) is 4.14. The van der Waals surface area contributed by atoms with Crippen molar-refractivity contribution in [3.63, 3.8) is 0 Å². The van der Waals surface area contributed by atoms with Crippen molar-refractivity contribution in [2.24, 2.45) is 11.3 Å². The SMILES string of the molecule is CC(C)(C)[C@H]1CCN(C2CCN(C(C)(C)C)CC2)C[C@H]1F. The lowest BCUT2D eigenvalue weighted by molar-refractivity contribution is -0.0136. The summed E-state index contributed by atoms with van der Waals surface area (Å²) in [5, 5.41) is 0. The van der Waals surface area contributed by atoms with Gasteiger partial charge in [-0.1, -0.05) is 20.8 Å². The molecule has 2 rings (SSSR count). The molecule has 0 aromatic rings. The summed E-state index contributed by atoms with van der Waals surface area (Å²) in [6.45, 7) is 17.5. The van der Waals surface area contributed by atoms with Crippen LogP contribution in [-0.2, 0) is 0 Å². The minimum absolute atomic E-state index is 0.0983. The number of halogens is 1. The van der Waals surface area contributed by atoms with Gasteiger partial charge in [0.1, 0.15) is 6.17 Å². The second-order valence-electron chi connectivity index (χ2n) is 9.16. The van der Waals surface area contributed by atoms with Crippen LogP contribution in [0.25, 0.3) is 0 Å². The molecule has 124 valence electrons. The summed E-state index contributed by atoms with van der Waals surface area (Å²) in [7, 11) is 0. The van der Waals surface area contributed by atoms with Crippen LogP contribution in [-0.4, -0.2) is 53.7 Å². The summed E-state index contributed by atoms with van der Waals surface area (Å²) in [5.41, 5.74) is 0.369. The van der Waals surface area contributed by atoms with Gasteiger partial charge in [-0.05, 0) is 57.9 Å². The van der Waals surface area contributed by atoms with Crippen LogP contribution < -0.4 is 0 Å². The molecule has 0 aromatic heterocycles. The average molecular weight is 298 g/mol. The van der Waals surface area contributed by atoms with Gasteiger partial charge in [0.2, 0.25) is 0 Å². The molecule has 0 aliphatic carbocycles. The monoisotopic (exact) mass is 298 g/mol. The molecule has 0 unspecified atom stereocenters. The highest BCUT2D eigenvalue weighted by atomic mass is 19.1. The highest BCUT2D eigenvalue weighted by Gasteiger charge is 2.39. The molecule has 0 aromatic carbocycles. The number of alkyl halides is 1. The van der Waals surface area contributed by atoms with Gasteiger partial charge in [0, 0.05) is 31.2 Å². The molecule has 0 radical (unpaired) electrons. The Labute approximate surface area is 131 Å². The maximum Gasteiger partial charge on any atom is 0.116 e. The summed E-state index contributed by atoms with van der Waals surface area (Å²) in [6, 6.07) is 0.600. The number of nitrogens with zero attached hydrogens (tertiary/aromatic N) is 2. The van der Waals surface area contributed by atoms with E-state index in [1.807, 2.05) is 0 Å². The van der Waals surface area contributed by atoms with Crippen LogP contribution in [0.4, 0.5) is 4.39 Å². The van der Waals surface area contributed by atoms with Crippen LogP contribution >= 0.6 is 0 Å². The molecule has 0 saturated carbocycles. The van der Waals surface area contributed by atoms with Gasteiger partial charge in [0.25, 0.3) is 0 Å². The summed E-state index contributed by atoms with van der Waals surface area (Å²) >= 11 is 0. The van der Waals surface area contributed by atoms with Crippen LogP contribution in [0.5, 0.6) is 0 Å². The molecule has 0 spiro atoms. The molecule has 2 aliphatic rings. The molecule has 3 heteroatoms. The topological polar surface area (TPSA) is 6.48 Å². The van der Waals surface area contributed by atoms with Gasteiger partial charge in [-0.2, -0.15) is 0 Å². The summed E-state index contributed by atoms with van der Waals surface area (Å²) in [4.78, 5) is 5.01. The van der Waals surface area contributed by atoms with Crippen molar-refractivity contribution in [1.82, 2.24) is 9.80 Å². The summed E-state index contributed by atoms with van der Waals surface area (Å²) in [6.07, 6.45) is 2.76. The fourth-order valence-corrected chi connectivity index (χ4v) is 4.14. The van der Waals surface area contributed by atoms with E-state index >= 15 is 0 Å². The van der Waals surface area contributed by atoms with Crippen molar-refractivity contribution in [3.8, 4) is 0 Å². The maximum absolute atomic E-state index is 14.6. The Morgan fingerprint density at radius 2 is 1.43 bits per heavy atom. The van der Waals surface area contributed by atoms with Crippen LogP contribution in [0.3, 0.4) is 0 Å². The molecule has 2 aliphatic heterocycles. The Morgan fingerprint density at radius 3 is 1.86 bits per heavy atom. The molecule has 2 heterocycles. The van der Waals surface area contributed by atoms with Gasteiger partial charge in [0.05, 0.1) is 0 Å². The highest BCUT2D eigenvalue weighted by Crippen LogP contribution is 2.37. The summed E-state index contributed by atoms with van der Waals surface area (Å²) < 4.78 is 14.6. The van der Waals surface area contributed by atoms with E-state index in [1.54, 1.807) is 0 Å². The van der Waals surface area contributed by atoms with Crippen LogP contribution in [0.1, 0.15) is 60.8 Å². The minimum atomic E-state index is -0.653. The fraction of sp³-hybridized carbons (Fsp3) is 1.00. The van der Waals surface area contributed by atoms with Gasteiger partial charge < -0.3 is 0 Å². The van der Waals surface area contributed by atoms with Crippen molar-refractivity contribution in [2.45, 2.75) is 78.6 Å². The third-order valence-corrected chi connectivity index (χ3v) is 5.61. The maximum atomic E-state index is 14.6. The standard InChI is InChI=1S/C18H35FN2/c1-17(2,3)15-9-10-20(13-16(15)19)14-7-11-21(12-8-14)18(4,5)6/h14-16H,7-13H2,1-6H3/t15-,16+/m0/s1. The molecule has 0 amide bonds. The Bertz CT molecular complexity index is 334. The highest BCUT2D eigenvalue weighted by molar-refractivity contribution is 4.92. The van der Waals surface area contributed by atoms with Crippen molar-refractivity contribution >= 4 is 0 Å². The molecule has 0 N–H and O–H groups in total. The zero-order valence-corrected chi connectivity index (χ0v) is 15.0. The van der Waals surface area contributed by atoms with E-state index in [1.165, 1.54) is 12.8 Å². The van der Waals surface area contributed by atoms with Gasteiger partial charge in [-0.3, -0.25) is 9.80 Å². The first-order valence-corrected chi connectivity index (χ1v) is 8.72. The van der Waals surface area contributed by atoms with Crippen molar-refractivity contribution in [3.05, 3.63) is 0 Å². The van der Waals surface area contributed by atoms with E-state index in [2.05, 4.69) is 51.3 Å². The normalized spacial score (nSPS) is 31.6. The van der Waals surface area contributed by atoms with E-state index in [0.29, 0.717) is 12.6 Å². The number of likely N-dealkylation sites (tertiary alicyclic amines) is 2. The van der Waals surface area contributed by atoms with Gasteiger partial charge >= 0.3 is 0 Å². The van der Waals surface area contributed by atoms with Crippen LogP contribution in [0.2, 0.25) is 0 Å². The first-order valence-electron chi connectivity index (χ1n) is 8.72. The lowest BCUT2D eigenvalue weighted by atomic mass is 9.74. The lowest BCUT2D eigenvalue weighted by Crippen LogP contribution is -2.55. The van der Waals surface area contributed by atoms with E-state index < -0.39 is 6.17 Å². The molecule has 2 fully saturated rings. The molecular weight excluding hydrogens is 263 g/mol. The molecule has 2 atom stereocenters. The third-order valence-electron chi connectivity index (χ3n) is 5.61. The Balaban J connectivity index is 1.86. The van der Waals surface area contributed by atoms with Crippen molar-refractivity contribution in [1.29, 1.82) is 0 Å². The zero-order chi connectivity index (χ0) is 15.8. The zero-order valence-electron chi connectivity index (χ0n) is 15.0. The van der Waals surface area contributed by atoms with Crippen molar-refractivity contribution in [2.75, 3.05) is 26.2 Å².